The topological polar surface area (TPSA) is 554 Å². The molecule has 140 heavy (non-hydrogen) atoms. The zero-order valence-corrected chi connectivity index (χ0v) is 81.1. The number of amides is 9. The zero-order valence-electron chi connectivity index (χ0n) is 81.1. The summed E-state index contributed by atoms with van der Waals surface area (Å²) in [6.07, 6.45) is 13.5. The van der Waals surface area contributed by atoms with Crippen LogP contribution in [0.1, 0.15) is 193 Å². The second-order valence-electron chi connectivity index (χ2n) is 36.3. The molecule has 4 aromatic carbocycles. The average Bonchev–Trinajstić information content (AvgIpc) is 1.62. The number of primary amides is 4. The minimum absolute atomic E-state index is 0.0527. The van der Waals surface area contributed by atoms with E-state index in [1.807, 2.05) is 103 Å². The van der Waals surface area contributed by atoms with Crippen LogP contribution in [0.2, 0.25) is 0 Å². The van der Waals surface area contributed by atoms with Crippen LogP contribution in [0.5, 0.6) is 23.0 Å². The number of aryl methyl sites for hydroxylation is 8. The molecule has 12 heterocycles. The third kappa shape index (κ3) is 22.6. The summed E-state index contributed by atoms with van der Waals surface area (Å²) < 4.78 is 43.8. The van der Waals surface area contributed by atoms with Gasteiger partial charge in [0, 0.05) is 126 Å². The lowest BCUT2D eigenvalue weighted by Gasteiger charge is -2.40. The summed E-state index contributed by atoms with van der Waals surface area (Å²) >= 11 is 0. The lowest BCUT2D eigenvalue weighted by Crippen LogP contribution is -2.46. The van der Waals surface area contributed by atoms with Gasteiger partial charge in [-0.1, -0.05) is 24.3 Å². The summed E-state index contributed by atoms with van der Waals surface area (Å²) in [4.78, 5) is 153. The van der Waals surface area contributed by atoms with Crippen molar-refractivity contribution in [3.8, 4) is 23.0 Å². The standard InChI is InChI=1S/C50H64N14O8.C45H56N14O6.CH2O2/c1-9-63-36(22-30(3)57-63)44(67)55-46-53-34-24-32(42(51)65)26-38(70-8)40(34)61(46)17-11-12-18-62-41-35(54-47(62)56-45(68)37-23-31(4)58-64(37)10-2)25-33(43(52)66)27-39(41)71-21-20-59-16-13-14-50(28-59)15-19-60(29-50)48(69)72-49(5,6)7;1-6-58-33(19-27(3)53-58)41(62)51-43-49-31-21-29(39(46)60)23-35(64-5)37(31)56(43)15-8-9-16-57-38-32(50-44(57)52-42(63)34-20-28(4)54-59(34)7-2)22-30(40(47)61)24-36(38)65-18-17-55-14-10-11-45(26-55)12-13-48-25-45;2-1-3/h11-12,22-27H,9-10,13-21,28-29H2,1-8H3,(H2,51,65)(H2,52,66)(H,53,55,67)(H,54,56,68);8-9,19-24,48H,6-7,10-18,25-26H2,1-5H3,(H2,46,60)(H2,47,61)(H,49,51,62)(H,50,52,63);1H,(H,2,3)/b12-11+;9-8+;. The Bertz CT molecular complexity index is 6780. The maximum absolute atomic E-state index is 14.0. The number of nitrogens with zero attached hydrogens (tertiary/aromatic N) is 19. The monoisotopic (exact) mass is 1920 g/mol. The number of aromatic nitrogens is 16. The molecule has 12 aromatic rings. The Morgan fingerprint density at radius 2 is 0.743 bits per heavy atom. The highest BCUT2D eigenvalue weighted by atomic mass is 16.6. The molecule has 16 rings (SSSR count). The van der Waals surface area contributed by atoms with Crippen LogP contribution >= 0.6 is 0 Å². The van der Waals surface area contributed by atoms with Gasteiger partial charge in [-0.3, -0.25) is 92.9 Å². The van der Waals surface area contributed by atoms with Gasteiger partial charge in [0.2, 0.25) is 47.4 Å². The van der Waals surface area contributed by atoms with Crippen LogP contribution in [0.15, 0.2) is 97.1 Å². The molecule has 4 aliphatic rings. The van der Waals surface area contributed by atoms with Gasteiger partial charge in [-0.15, -0.1) is 0 Å². The maximum Gasteiger partial charge on any atom is 0.410 e. The molecular formula is C96H122N28O16. The van der Waals surface area contributed by atoms with E-state index in [9.17, 15) is 43.2 Å². The van der Waals surface area contributed by atoms with E-state index in [4.69, 9.17) is 76.5 Å². The summed E-state index contributed by atoms with van der Waals surface area (Å²) in [6, 6.07) is 19.3. The van der Waals surface area contributed by atoms with Gasteiger partial charge in [0.1, 0.15) is 86.7 Å². The Balaban J connectivity index is 0.000000218. The Kier molecular flexibility index (Phi) is 31.0. The van der Waals surface area contributed by atoms with Gasteiger partial charge in [0.25, 0.3) is 30.1 Å². The molecule has 2 unspecified atom stereocenters. The summed E-state index contributed by atoms with van der Waals surface area (Å²) in [7, 11) is 2.94. The molecule has 0 aliphatic carbocycles. The van der Waals surface area contributed by atoms with Crippen LogP contribution in [0.25, 0.3) is 44.1 Å². The largest absolute Gasteiger partial charge is 0.494 e. The van der Waals surface area contributed by atoms with Gasteiger partial charge < -0.3 is 80.2 Å². The van der Waals surface area contributed by atoms with Crippen LogP contribution < -0.4 is 68.5 Å². The fourth-order valence-electron chi connectivity index (χ4n) is 18.8. The van der Waals surface area contributed by atoms with E-state index in [2.05, 4.69) is 56.8 Å². The molecule has 2 spiro atoms. The molecule has 44 heteroatoms. The predicted molar refractivity (Wildman–Crippen MR) is 523 cm³/mol. The van der Waals surface area contributed by atoms with Crippen molar-refractivity contribution in [3.05, 3.63) is 165 Å². The maximum atomic E-state index is 14.0. The first-order valence-electron chi connectivity index (χ1n) is 46.6. The number of anilines is 4. The molecular weight excluding hydrogens is 1800 g/mol. The Hall–Kier alpha value is -15.3. The van der Waals surface area contributed by atoms with Crippen molar-refractivity contribution >= 4 is 128 Å². The van der Waals surface area contributed by atoms with E-state index in [1.54, 1.807) is 93.9 Å². The molecule has 9 amide bonds. The number of piperidine rings is 2. The predicted octanol–water partition coefficient (Wildman–Crippen LogP) is 9.06. The number of likely N-dealkylation sites (tertiary alicyclic amines) is 3. The molecule has 4 aliphatic heterocycles. The molecule has 742 valence electrons. The summed E-state index contributed by atoms with van der Waals surface area (Å²) in [5, 5.41) is 40.0. The van der Waals surface area contributed by atoms with Crippen molar-refractivity contribution in [1.29, 1.82) is 0 Å². The van der Waals surface area contributed by atoms with Crippen LogP contribution in [0.3, 0.4) is 0 Å². The Morgan fingerprint density at radius 1 is 0.436 bits per heavy atom. The molecule has 8 aromatic heterocycles. The van der Waals surface area contributed by atoms with E-state index in [0.717, 1.165) is 71.4 Å². The average molecular weight is 1920 g/mol. The van der Waals surface area contributed by atoms with Gasteiger partial charge in [0.15, 0.2) is 0 Å². The molecule has 0 radical (unpaired) electrons. The number of allylic oxidation sites excluding steroid dienone is 4. The highest BCUT2D eigenvalue weighted by molar-refractivity contribution is 6.08. The normalized spacial score (nSPS) is 16.2. The number of nitrogens with two attached hydrogens (primary N) is 4. The van der Waals surface area contributed by atoms with Crippen molar-refractivity contribution in [3.63, 3.8) is 0 Å². The Labute approximate surface area is 806 Å². The number of hydrogen-bond acceptors (Lipinski definition) is 26. The Morgan fingerprint density at radius 3 is 1.04 bits per heavy atom. The van der Waals surface area contributed by atoms with Crippen molar-refractivity contribution in [2.45, 2.75) is 173 Å². The number of methoxy groups -OCH3 is 2. The number of imidazole rings is 4. The third-order valence-corrected chi connectivity index (χ3v) is 25.2. The van der Waals surface area contributed by atoms with Gasteiger partial charge >= 0.3 is 6.09 Å². The number of carbonyl (C=O) groups is 10. The van der Waals surface area contributed by atoms with Crippen molar-refractivity contribution in [2.24, 2.45) is 33.8 Å². The van der Waals surface area contributed by atoms with E-state index in [-0.39, 0.29) is 102 Å². The fraction of sp³-hybridized carbons (Fsp3) is 0.438. The van der Waals surface area contributed by atoms with Gasteiger partial charge in [0.05, 0.1) is 59.1 Å². The number of fused-ring (bicyclic) bond motifs is 4. The lowest BCUT2D eigenvalue weighted by atomic mass is 9.79. The molecule has 2 atom stereocenters. The summed E-state index contributed by atoms with van der Waals surface area (Å²) in [6.45, 7) is 31.5. The van der Waals surface area contributed by atoms with Gasteiger partial charge in [-0.05, 0) is 213 Å². The smallest absolute Gasteiger partial charge is 0.410 e. The van der Waals surface area contributed by atoms with Crippen molar-refractivity contribution in [1.82, 2.24) is 97.3 Å². The third-order valence-electron chi connectivity index (χ3n) is 25.2. The molecule has 4 saturated heterocycles. The number of carbonyl (C=O) groups excluding carboxylic acids is 9. The summed E-state index contributed by atoms with van der Waals surface area (Å²) in [5.41, 5.74) is 31.1. The quantitative estimate of drug-likeness (QED) is 0.0133. The van der Waals surface area contributed by atoms with E-state index >= 15 is 0 Å². The summed E-state index contributed by atoms with van der Waals surface area (Å²) in [5.74, 6) is -2.29. The van der Waals surface area contributed by atoms with Crippen LogP contribution in [0.4, 0.5) is 28.6 Å². The molecule has 4 fully saturated rings. The van der Waals surface area contributed by atoms with Crippen LogP contribution in [0, 0.1) is 38.5 Å². The number of rotatable bonds is 34. The zero-order chi connectivity index (χ0) is 100. The number of hydrogen-bond donors (Lipinski definition) is 10. The highest BCUT2D eigenvalue weighted by Crippen LogP contribution is 2.42. The van der Waals surface area contributed by atoms with Crippen LogP contribution in [-0.2, 0) is 61.9 Å². The molecule has 0 saturated carbocycles. The minimum Gasteiger partial charge on any atom is -0.494 e. The number of carboxylic acid groups (broad SMARTS) is 1. The van der Waals surface area contributed by atoms with Gasteiger partial charge in [-0.25, -0.2) is 24.7 Å². The SMILES string of the molecule is CCn1nc(C)cc1C(=O)Nc1nc2cc(C(N)=O)cc(OC)c2n1C/C=C/Cn1c(NC(=O)c2cc(C)nn2CC)nc2cc(C(N)=O)cc(OCCN3CCCC4(CCN(C(=O)OC(C)(C)C)C4)C3)c21.CCn1nc(C)cc1C(=O)Nc1nc2cc(C(N)=O)cc(OC)c2n1C/C=C/Cn1c(NC(=O)c2cc(C)nn2CC)nc2cc(C(N)=O)cc(OCCN3CCCC4(CCNC4)C3)c21.O=CO. The molecule has 44 nitrogen and oxygen atoms in total. The molecule has 0 bridgehead atoms. The highest BCUT2D eigenvalue weighted by Gasteiger charge is 2.45. The second-order valence-corrected chi connectivity index (χ2v) is 36.3. The number of ether oxygens (including phenoxy) is 5. The first kappa shape index (κ1) is 101. The van der Waals surface area contributed by atoms with Crippen LogP contribution in [-0.4, -0.2) is 255 Å². The van der Waals surface area contributed by atoms with E-state index in [1.165, 1.54) is 38.8 Å². The second kappa shape index (κ2) is 43.1. The fourth-order valence-corrected chi connectivity index (χ4v) is 18.8. The number of benzene rings is 4. The van der Waals surface area contributed by atoms with Crippen molar-refractivity contribution in [2.75, 3.05) is 114 Å². The van der Waals surface area contributed by atoms with Crippen molar-refractivity contribution < 1.29 is 76.7 Å². The lowest BCUT2D eigenvalue weighted by molar-refractivity contribution is -0.122. The number of nitrogens with one attached hydrogen (secondary N) is 5. The van der Waals surface area contributed by atoms with Gasteiger partial charge in [-0.2, -0.15) is 20.4 Å². The molecule has 14 N–H and O–H groups in total. The first-order valence-corrected chi connectivity index (χ1v) is 46.6. The minimum atomic E-state index is -0.680. The first-order chi connectivity index (χ1) is 67.0. The van der Waals surface area contributed by atoms with E-state index in [0.29, 0.717) is 172 Å². The van der Waals surface area contributed by atoms with E-state index < -0.39 is 52.9 Å².